The van der Waals surface area contributed by atoms with E-state index in [1.54, 1.807) is 44.6 Å². The summed E-state index contributed by atoms with van der Waals surface area (Å²) < 4.78 is 61.8. The molecule has 0 bridgehead atoms. The summed E-state index contributed by atoms with van der Waals surface area (Å²) in [6.07, 6.45) is 9.59. The number of nitro benzene ring substituents is 1. The smallest absolute Gasteiger partial charge is 0.422 e. The summed E-state index contributed by atoms with van der Waals surface area (Å²) in [7, 11) is 9.13. The zero-order valence-corrected chi connectivity index (χ0v) is 51.8. The molecule has 1 aliphatic rings. The van der Waals surface area contributed by atoms with Crippen molar-refractivity contribution >= 4 is 29.3 Å². The number of ketones is 1. The van der Waals surface area contributed by atoms with Crippen molar-refractivity contribution in [3.63, 3.8) is 0 Å². The largest absolute Gasteiger partial charge is 0.497 e. The third kappa shape index (κ3) is 16.1. The zero-order chi connectivity index (χ0) is 62.2. The molecule has 0 spiro atoms. The molecule has 0 radical (unpaired) electrons. The first-order valence-electron chi connectivity index (χ1n) is 27.2. The number of hydrogen-bond acceptors (Lipinski definition) is 7. The standard InChI is InChI=1S/C19H22NS.C18H22NO2.C17H17N2O3.C15H15F3NO/c1-7-15-8-11-18(20(6)13-15)17-10-9-16(12-14(17)2)21-19(3,4)5;1-12-8-16-17(21-11-20-16)10-14(12)15-9-13(18(2,3)4)6-7-19(15)5;1-5-13-8-11(2)15(10-16(13)19(21)22)17-9-14(12(3)20)6-7-18(17)4;1-10-8-12(20-3)5-6-13(10)14-7-4-11(9-19(14)2)15(16,17)18/h1,8-13H,2-6H3;6-10H,11H2,1-5H3;5-10H,1H2,2-4H3;4-9H,1-3H3/q4*+1. The Morgan fingerprint density at radius 2 is 1.21 bits per heavy atom. The van der Waals surface area contributed by atoms with E-state index in [2.05, 4.69) is 139 Å². The number of aryl methyl sites for hydroxylation is 8. The van der Waals surface area contributed by atoms with Crippen LogP contribution in [-0.2, 0) is 39.8 Å². The molecule has 0 N–H and O–H groups in total. The molecule has 0 amide bonds. The number of Topliss-reactive ketones (excluding diaryl/α,β-unsaturated/α-hetero) is 1. The number of nitro groups is 1. The second-order valence-electron chi connectivity index (χ2n) is 22.7. The zero-order valence-electron chi connectivity index (χ0n) is 51.0. The van der Waals surface area contributed by atoms with Gasteiger partial charge in [0.2, 0.25) is 29.6 Å². The summed E-state index contributed by atoms with van der Waals surface area (Å²) in [4.78, 5) is 23.7. The van der Waals surface area contributed by atoms with Gasteiger partial charge < -0.3 is 14.2 Å². The predicted molar refractivity (Wildman–Crippen MR) is 328 cm³/mol. The number of ether oxygens (including phenoxy) is 3. The molecule has 0 atom stereocenters. The van der Waals surface area contributed by atoms with Gasteiger partial charge in [-0.15, -0.1) is 18.2 Å². The van der Waals surface area contributed by atoms with E-state index in [-0.39, 0.29) is 21.6 Å². The number of carbonyl (C=O) groups excluding carboxylic acids is 1. The lowest BCUT2D eigenvalue weighted by molar-refractivity contribution is -0.661. The van der Waals surface area contributed by atoms with E-state index in [1.165, 1.54) is 73.8 Å². The highest BCUT2D eigenvalue weighted by Crippen LogP contribution is 2.39. The Kier molecular flexibility index (Phi) is 20.6. The lowest BCUT2D eigenvalue weighted by atomic mass is 9.86. The monoisotopic (exact) mass is 1160 g/mol. The number of pyridine rings is 4. The molecule has 84 heavy (non-hydrogen) atoms. The van der Waals surface area contributed by atoms with Crippen LogP contribution in [0.2, 0.25) is 0 Å². The van der Waals surface area contributed by atoms with Crippen LogP contribution in [-0.4, -0.2) is 29.4 Å². The van der Waals surface area contributed by atoms with Crippen molar-refractivity contribution in [1.29, 1.82) is 0 Å². The van der Waals surface area contributed by atoms with E-state index in [1.807, 2.05) is 68.7 Å². The van der Waals surface area contributed by atoms with Gasteiger partial charge in [0, 0.05) is 68.8 Å². The van der Waals surface area contributed by atoms with Crippen molar-refractivity contribution in [2.75, 3.05) is 13.9 Å². The van der Waals surface area contributed by atoms with E-state index in [0.29, 0.717) is 17.9 Å². The van der Waals surface area contributed by atoms with Crippen LogP contribution in [0.15, 0.2) is 145 Å². The summed E-state index contributed by atoms with van der Waals surface area (Å²) in [5.41, 5.74) is 15.0. The van der Waals surface area contributed by atoms with Gasteiger partial charge in [0.05, 0.1) is 34.3 Å². The van der Waals surface area contributed by atoms with Crippen LogP contribution >= 0.6 is 11.8 Å². The molecule has 0 saturated carbocycles. The Morgan fingerprint density at radius 3 is 1.74 bits per heavy atom. The van der Waals surface area contributed by atoms with Gasteiger partial charge in [-0.25, -0.2) is 13.7 Å². The lowest BCUT2D eigenvalue weighted by Crippen LogP contribution is -2.32. The molecule has 8 aromatic rings. The average Bonchev–Trinajstić information content (AvgIpc) is 3.94. The highest BCUT2D eigenvalue weighted by molar-refractivity contribution is 8.00. The number of terminal acetylenes is 1. The first-order chi connectivity index (χ1) is 39.3. The summed E-state index contributed by atoms with van der Waals surface area (Å²) in [6.45, 7) is 26.9. The second kappa shape index (κ2) is 26.7. The maximum absolute atomic E-state index is 12.7. The molecule has 1 aliphatic heterocycles. The number of alkyl halides is 3. The summed E-state index contributed by atoms with van der Waals surface area (Å²) in [5.74, 6) is 5.02. The molecule has 0 fully saturated rings. The van der Waals surface area contributed by atoms with Crippen LogP contribution in [0.5, 0.6) is 17.2 Å². The Morgan fingerprint density at radius 1 is 0.667 bits per heavy atom. The van der Waals surface area contributed by atoms with Gasteiger partial charge >= 0.3 is 6.18 Å². The number of hydrogen-bond donors (Lipinski definition) is 0. The third-order valence-corrected chi connectivity index (χ3v) is 15.1. The van der Waals surface area contributed by atoms with Crippen LogP contribution in [0.25, 0.3) is 51.1 Å². The van der Waals surface area contributed by atoms with Crippen molar-refractivity contribution in [2.24, 2.45) is 28.2 Å². The highest BCUT2D eigenvalue weighted by atomic mass is 32.2. The molecular formula is C69H76F3N5O6S+4. The SMILES string of the molecule is C#Cc1ccc(-c2ccc(SC(C)(C)C)cc2C)[n+](C)c1.C=Cc1cc(C)c(-c2cc(C(C)=O)cc[n+]2C)cc1[N+](=O)[O-].COc1ccc(-c2ccc(C(F)(F)F)c[n+]2C)c(C)c1.Cc1cc2c(cc1-c1cc(C(C)(C)C)cc[n+]1C)OCO2. The average molecular weight is 1160 g/mol. The molecule has 0 unspecified atom stereocenters. The molecule has 4 aromatic heterocycles. The predicted octanol–water partition coefficient (Wildman–Crippen LogP) is 14.6. The fourth-order valence-corrected chi connectivity index (χ4v) is 10.5. The van der Waals surface area contributed by atoms with Crippen LogP contribution in [0.3, 0.4) is 0 Å². The lowest BCUT2D eigenvalue weighted by Gasteiger charge is -2.19. The Labute approximate surface area is 497 Å². The summed E-state index contributed by atoms with van der Waals surface area (Å²) in [6, 6.07) is 34.2. The molecule has 15 heteroatoms. The van der Waals surface area contributed by atoms with Crippen LogP contribution in [0, 0.1) is 50.2 Å². The van der Waals surface area contributed by atoms with Crippen LogP contribution in [0.1, 0.15) is 103 Å². The van der Waals surface area contributed by atoms with Gasteiger partial charge in [-0.2, -0.15) is 17.7 Å². The number of halogens is 3. The van der Waals surface area contributed by atoms with Crippen molar-refractivity contribution in [2.45, 2.75) is 97.4 Å². The third-order valence-electron chi connectivity index (χ3n) is 14.0. The molecular weight excluding hydrogens is 1080 g/mol. The van der Waals surface area contributed by atoms with E-state index in [4.69, 9.17) is 20.6 Å². The van der Waals surface area contributed by atoms with Gasteiger partial charge in [-0.3, -0.25) is 14.9 Å². The van der Waals surface area contributed by atoms with Crippen molar-refractivity contribution < 1.29 is 55.4 Å². The minimum atomic E-state index is -4.33. The second-order valence-corrected chi connectivity index (χ2v) is 24.6. The topological polar surface area (TPSA) is 103 Å². The number of benzene rings is 4. The Balaban J connectivity index is 0.000000180. The van der Waals surface area contributed by atoms with E-state index >= 15 is 0 Å². The molecule has 0 saturated heterocycles. The molecule has 0 aliphatic carbocycles. The molecule has 436 valence electrons. The number of nitrogens with zero attached hydrogens (tertiary/aromatic N) is 5. The van der Waals surface area contributed by atoms with Gasteiger partial charge in [-0.05, 0) is 135 Å². The molecule has 4 aromatic carbocycles. The normalized spacial score (nSPS) is 11.6. The quantitative estimate of drug-likeness (QED) is 0.0354. The number of aromatic nitrogens is 4. The number of fused-ring (bicyclic) bond motifs is 1. The van der Waals surface area contributed by atoms with Gasteiger partial charge in [0.15, 0.2) is 42.1 Å². The number of carbonyl (C=O) groups is 1. The highest BCUT2D eigenvalue weighted by Gasteiger charge is 2.34. The van der Waals surface area contributed by atoms with Crippen LogP contribution in [0.4, 0.5) is 18.9 Å². The summed E-state index contributed by atoms with van der Waals surface area (Å²) >= 11 is 1.90. The van der Waals surface area contributed by atoms with Crippen molar-refractivity contribution in [1.82, 2.24) is 0 Å². The minimum absolute atomic E-state index is 0.00354. The van der Waals surface area contributed by atoms with Crippen molar-refractivity contribution in [3.05, 3.63) is 201 Å². The molecule has 9 rings (SSSR count). The Hall–Kier alpha value is -8.61. The number of rotatable bonds is 9. The van der Waals surface area contributed by atoms with Gasteiger partial charge in [-0.1, -0.05) is 60.1 Å². The number of thioether (sulfide) groups is 1. The molecule has 11 nitrogen and oxygen atoms in total. The van der Waals surface area contributed by atoms with E-state index in [9.17, 15) is 28.1 Å². The maximum atomic E-state index is 12.7. The first-order valence-corrected chi connectivity index (χ1v) is 28.0. The van der Waals surface area contributed by atoms with Crippen LogP contribution < -0.4 is 32.5 Å². The fourth-order valence-electron chi connectivity index (χ4n) is 9.41. The van der Waals surface area contributed by atoms with E-state index in [0.717, 1.165) is 68.7 Å². The van der Waals surface area contributed by atoms with Gasteiger partial charge in [0.25, 0.3) is 5.69 Å². The molecule has 5 heterocycles. The van der Waals surface area contributed by atoms with Gasteiger partial charge in [0.1, 0.15) is 39.5 Å². The summed E-state index contributed by atoms with van der Waals surface area (Å²) in [5, 5.41) is 11.2. The minimum Gasteiger partial charge on any atom is -0.497 e. The fraction of sp³-hybridized carbons (Fsp3) is 0.290. The number of methoxy groups -OCH3 is 1. The van der Waals surface area contributed by atoms with Crippen molar-refractivity contribution in [3.8, 4) is 74.6 Å². The Bertz CT molecular complexity index is 3830. The maximum Gasteiger partial charge on any atom is 0.422 e. The first kappa shape index (κ1) is 64.6. The van der Waals surface area contributed by atoms with E-state index < -0.39 is 16.7 Å².